The van der Waals surface area contributed by atoms with Gasteiger partial charge in [0, 0.05) is 11.5 Å². The zero-order valence-corrected chi connectivity index (χ0v) is 16.1. The lowest BCUT2D eigenvalue weighted by molar-refractivity contribution is 1.19. The summed E-state index contributed by atoms with van der Waals surface area (Å²) in [5.41, 5.74) is 2.77. The van der Waals surface area contributed by atoms with Crippen LogP contribution in [0.4, 0.5) is 22.7 Å². The van der Waals surface area contributed by atoms with Crippen molar-refractivity contribution in [3.8, 4) is 0 Å². The molecule has 0 amide bonds. The average molecular weight is 385 g/mol. The highest BCUT2D eigenvalue weighted by Gasteiger charge is 2.06. The second-order valence-electron chi connectivity index (χ2n) is 6.82. The van der Waals surface area contributed by atoms with Crippen LogP contribution in [-0.2, 0) is 0 Å². The molecule has 1 radical (unpaired) electrons. The van der Waals surface area contributed by atoms with Gasteiger partial charge in [-0.1, -0.05) is 78.9 Å². The first-order chi connectivity index (χ1) is 14.9. The normalized spacial score (nSPS) is 11.7. The quantitative estimate of drug-likeness (QED) is 0.278. The van der Waals surface area contributed by atoms with Gasteiger partial charge in [0.1, 0.15) is 11.4 Å². The molecule has 30 heavy (non-hydrogen) atoms. The molecule has 4 heteroatoms. The Morgan fingerprint density at radius 1 is 0.500 bits per heavy atom. The molecule has 0 aromatic heterocycles. The molecule has 0 saturated heterocycles. The van der Waals surface area contributed by atoms with Crippen LogP contribution in [0.1, 0.15) is 0 Å². The summed E-state index contributed by atoms with van der Waals surface area (Å²) >= 11 is 0. The van der Waals surface area contributed by atoms with E-state index in [1.807, 2.05) is 91.0 Å². The van der Waals surface area contributed by atoms with Crippen LogP contribution in [0.25, 0.3) is 21.5 Å². The highest BCUT2D eigenvalue weighted by Crippen LogP contribution is 2.35. The van der Waals surface area contributed by atoms with E-state index in [0.29, 0.717) is 11.4 Å². The average Bonchev–Trinajstić information content (AvgIpc) is 2.81. The summed E-state index contributed by atoms with van der Waals surface area (Å²) in [7, 11) is 0. The third-order valence-electron chi connectivity index (χ3n) is 4.80. The zero-order chi connectivity index (χ0) is 20.2. The summed E-state index contributed by atoms with van der Waals surface area (Å²) in [6.45, 7) is 0. The molecule has 5 rings (SSSR count). The van der Waals surface area contributed by atoms with Gasteiger partial charge >= 0.3 is 0 Å². The van der Waals surface area contributed by atoms with Crippen molar-refractivity contribution in [2.75, 3.05) is 0 Å². The van der Waals surface area contributed by atoms with Gasteiger partial charge in [-0.05, 0) is 40.4 Å². The van der Waals surface area contributed by atoms with E-state index in [1.165, 1.54) is 0 Å². The van der Waals surface area contributed by atoms with Crippen molar-refractivity contribution in [1.82, 2.24) is 0 Å². The minimum atomic E-state index is 0.557. The minimum Gasteiger partial charge on any atom is -0.150 e. The molecule has 0 aliphatic carbocycles. The van der Waals surface area contributed by atoms with Crippen LogP contribution in [0, 0.1) is 6.07 Å². The van der Waals surface area contributed by atoms with Crippen molar-refractivity contribution in [2.45, 2.75) is 0 Å². The van der Waals surface area contributed by atoms with E-state index in [2.05, 4.69) is 38.7 Å². The second-order valence-corrected chi connectivity index (χ2v) is 6.82. The van der Waals surface area contributed by atoms with Crippen LogP contribution in [-0.4, -0.2) is 0 Å². The van der Waals surface area contributed by atoms with Crippen LogP contribution < -0.4 is 0 Å². The van der Waals surface area contributed by atoms with Crippen molar-refractivity contribution in [3.63, 3.8) is 0 Å². The Labute approximate surface area is 174 Å². The molecule has 0 N–H and O–H groups in total. The highest BCUT2D eigenvalue weighted by molar-refractivity contribution is 5.92. The molecule has 0 aliphatic heterocycles. The minimum absolute atomic E-state index is 0.557. The third kappa shape index (κ3) is 3.71. The number of hydrogen-bond acceptors (Lipinski definition) is 4. The van der Waals surface area contributed by atoms with E-state index in [0.717, 1.165) is 32.9 Å². The van der Waals surface area contributed by atoms with Crippen molar-refractivity contribution in [3.05, 3.63) is 109 Å². The molecule has 0 heterocycles. The summed E-state index contributed by atoms with van der Waals surface area (Å²) in [6, 6.07) is 37.1. The molecule has 0 fully saturated rings. The van der Waals surface area contributed by atoms with Gasteiger partial charge in [0.2, 0.25) is 0 Å². The number of rotatable bonds is 4. The molecule has 0 atom stereocenters. The van der Waals surface area contributed by atoms with Crippen molar-refractivity contribution >= 4 is 44.3 Å². The predicted molar refractivity (Wildman–Crippen MR) is 122 cm³/mol. The van der Waals surface area contributed by atoms with Crippen LogP contribution in [0.5, 0.6) is 0 Å². The summed E-state index contributed by atoms with van der Waals surface area (Å²) in [5, 5.41) is 22.0. The molecule has 5 aromatic rings. The first kappa shape index (κ1) is 17.9. The van der Waals surface area contributed by atoms with Crippen molar-refractivity contribution < 1.29 is 0 Å². The Kier molecular flexibility index (Phi) is 4.80. The summed E-state index contributed by atoms with van der Waals surface area (Å²) in [4.78, 5) is 0. The number of hydrogen-bond donors (Lipinski definition) is 0. The van der Waals surface area contributed by atoms with E-state index >= 15 is 0 Å². The number of benzene rings is 5. The third-order valence-corrected chi connectivity index (χ3v) is 4.80. The fraction of sp³-hybridized carbons (Fsp3) is 0. The van der Waals surface area contributed by atoms with E-state index in [-0.39, 0.29) is 0 Å². The monoisotopic (exact) mass is 385 g/mol. The van der Waals surface area contributed by atoms with E-state index < -0.39 is 0 Å². The number of azo groups is 2. The van der Waals surface area contributed by atoms with Crippen LogP contribution >= 0.6 is 0 Å². The van der Waals surface area contributed by atoms with Crippen LogP contribution in [0.15, 0.2) is 124 Å². The molecule has 0 aliphatic rings. The fourth-order valence-corrected chi connectivity index (χ4v) is 3.30. The highest BCUT2D eigenvalue weighted by atomic mass is 15.2. The Balaban J connectivity index is 1.60. The first-order valence-electron chi connectivity index (χ1n) is 9.68. The second kappa shape index (κ2) is 8.05. The molecule has 0 unspecified atom stereocenters. The Morgan fingerprint density at radius 2 is 1.20 bits per heavy atom. The molecule has 0 spiro atoms. The SMILES string of the molecule is [c]1c(N=Nc2cccc3ccccc23)c(N=Nc2ccccc2)cc2ccccc12. The maximum Gasteiger partial charge on any atom is 0.122 e. The maximum atomic E-state index is 4.52. The van der Waals surface area contributed by atoms with Gasteiger partial charge in [0.25, 0.3) is 0 Å². The summed E-state index contributed by atoms with van der Waals surface area (Å²) in [6.07, 6.45) is 0. The molecular formula is C26H17N4. The molecule has 141 valence electrons. The van der Waals surface area contributed by atoms with E-state index in [1.54, 1.807) is 0 Å². The first-order valence-corrected chi connectivity index (χ1v) is 9.68. The fourth-order valence-electron chi connectivity index (χ4n) is 3.30. The Bertz CT molecular complexity index is 1380. The van der Waals surface area contributed by atoms with E-state index in [9.17, 15) is 0 Å². The summed E-state index contributed by atoms with van der Waals surface area (Å²) < 4.78 is 0. The predicted octanol–water partition coefficient (Wildman–Crippen LogP) is 8.62. The largest absolute Gasteiger partial charge is 0.150 e. The summed E-state index contributed by atoms with van der Waals surface area (Å²) in [5.74, 6) is 0. The molecule has 0 saturated carbocycles. The zero-order valence-electron chi connectivity index (χ0n) is 16.1. The van der Waals surface area contributed by atoms with Gasteiger partial charge in [-0.15, -0.1) is 15.3 Å². The lowest BCUT2D eigenvalue weighted by Gasteiger charge is -2.04. The topological polar surface area (TPSA) is 49.4 Å². The Morgan fingerprint density at radius 3 is 2.10 bits per heavy atom. The van der Waals surface area contributed by atoms with E-state index in [4.69, 9.17) is 0 Å². The molecular weight excluding hydrogens is 368 g/mol. The van der Waals surface area contributed by atoms with Crippen molar-refractivity contribution in [1.29, 1.82) is 0 Å². The molecule has 0 bridgehead atoms. The Hall–Kier alpha value is -4.18. The standard InChI is InChI=1S/C26H17N4/c1-2-13-22(14-3-1)27-29-25-17-20-10-4-5-11-21(20)18-26(25)30-28-24-16-8-12-19-9-6-7-15-23(19)24/h1-17H. The van der Waals surface area contributed by atoms with Crippen LogP contribution in [0.3, 0.4) is 0 Å². The van der Waals surface area contributed by atoms with Gasteiger partial charge in [0.05, 0.1) is 11.4 Å². The van der Waals surface area contributed by atoms with Crippen molar-refractivity contribution in [2.24, 2.45) is 20.5 Å². The lowest BCUT2D eigenvalue weighted by atomic mass is 10.1. The van der Waals surface area contributed by atoms with Gasteiger partial charge < -0.3 is 0 Å². The smallest absolute Gasteiger partial charge is 0.122 e. The van der Waals surface area contributed by atoms with Gasteiger partial charge in [0.15, 0.2) is 0 Å². The van der Waals surface area contributed by atoms with Gasteiger partial charge in [-0.25, -0.2) is 0 Å². The van der Waals surface area contributed by atoms with Gasteiger partial charge in [-0.2, -0.15) is 5.11 Å². The number of nitrogens with zero attached hydrogens (tertiary/aromatic N) is 4. The maximum absolute atomic E-state index is 4.52. The lowest BCUT2D eigenvalue weighted by Crippen LogP contribution is -1.76. The number of fused-ring (bicyclic) bond motifs is 2. The van der Waals surface area contributed by atoms with Gasteiger partial charge in [-0.3, -0.25) is 0 Å². The molecule has 4 nitrogen and oxygen atoms in total. The van der Waals surface area contributed by atoms with Crippen LogP contribution in [0.2, 0.25) is 0 Å². The molecule has 5 aromatic carbocycles.